The Morgan fingerprint density at radius 2 is 1.83 bits per heavy atom. The minimum atomic E-state index is -0.737. The average Bonchev–Trinajstić information content (AvgIpc) is 3.22. The highest BCUT2D eigenvalue weighted by Crippen LogP contribution is 2.26. The third-order valence-corrected chi connectivity index (χ3v) is 4.14. The highest BCUT2D eigenvalue weighted by Gasteiger charge is 2.24. The van der Waals surface area contributed by atoms with Crippen molar-refractivity contribution >= 4 is 23.6 Å². The summed E-state index contributed by atoms with van der Waals surface area (Å²) in [7, 11) is 0. The summed E-state index contributed by atoms with van der Waals surface area (Å²) in [5.74, 6) is -0.0133. The molecule has 0 fully saturated rings. The van der Waals surface area contributed by atoms with Gasteiger partial charge in [0.25, 0.3) is 0 Å². The highest BCUT2D eigenvalue weighted by atomic mass is 35.5. The highest BCUT2D eigenvalue weighted by molar-refractivity contribution is 6.30. The van der Waals surface area contributed by atoms with Crippen molar-refractivity contribution in [2.45, 2.75) is 13.0 Å². The van der Waals surface area contributed by atoms with Gasteiger partial charge < -0.3 is 19.8 Å². The number of urea groups is 1. The number of hydrogen-bond acceptors (Lipinski definition) is 6. The van der Waals surface area contributed by atoms with Gasteiger partial charge in [0.2, 0.25) is 11.8 Å². The van der Waals surface area contributed by atoms with Crippen molar-refractivity contribution in [3.8, 4) is 11.5 Å². The molecule has 0 unspecified atom stereocenters. The van der Waals surface area contributed by atoms with E-state index in [9.17, 15) is 9.59 Å². The summed E-state index contributed by atoms with van der Waals surface area (Å²) >= 11 is 5.96. The molecule has 3 rings (SSSR count). The van der Waals surface area contributed by atoms with E-state index in [4.69, 9.17) is 20.8 Å². The first-order chi connectivity index (χ1) is 14.1. The Morgan fingerprint density at radius 3 is 2.52 bits per heavy atom. The Hall–Kier alpha value is -3.39. The molecule has 8 nitrogen and oxygen atoms in total. The molecule has 0 aliphatic rings. The summed E-state index contributed by atoms with van der Waals surface area (Å²) in [6.07, 6.45) is 0. The number of halogens is 1. The number of esters is 1. The lowest BCUT2D eigenvalue weighted by Gasteiger charge is -2.16. The number of nitrogens with one attached hydrogen (secondary N) is 2. The van der Waals surface area contributed by atoms with Crippen LogP contribution >= 0.6 is 11.6 Å². The van der Waals surface area contributed by atoms with E-state index in [0.717, 1.165) is 5.56 Å². The van der Waals surface area contributed by atoms with E-state index in [2.05, 4.69) is 20.8 Å². The fourth-order valence-corrected chi connectivity index (χ4v) is 2.66. The maximum absolute atomic E-state index is 12.3. The summed E-state index contributed by atoms with van der Waals surface area (Å²) in [5.41, 5.74) is 1.44. The number of carbonyl (C=O) groups is 2. The van der Waals surface area contributed by atoms with Crippen LogP contribution in [0.2, 0.25) is 5.02 Å². The van der Waals surface area contributed by atoms with Crippen LogP contribution in [-0.4, -0.2) is 35.3 Å². The summed E-state index contributed by atoms with van der Waals surface area (Å²) in [6, 6.07) is 14.8. The summed E-state index contributed by atoms with van der Waals surface area (Å²) in [5, 5.41) is 13.9. The predicted octanol–water partition coefficient (Wildman–Crippen LogP) is 3.34. The number of ether oxygens (including phenoxy) is 1. The van der Waals surface area contributed by atoms with Crippen LogP contribution in [0.4, 0.5) is 4.79 Å². The van der Waals surface area contributed by atoms with Gasteiger partial charge in [-0.3, -0.25) is 4.79 Å². The van der Waals surface area contributed by atoms with Crippen molar-refractivity contribution in [1.29, 1.82) is 0 Å². The van der Waals surface area contributed by atoms with Gasteiger partial charge in [-0.25, -0.2) is 4.79 Å². The Labute approximate surface area is 172 Å². The van der Waals surface area contributed by atoms with Gasteiger partial charge in [0.05, 0.1) is 6.61 Å². The predicted molar refractivity (Wildman–Crippen MR) is 106 cm³/mol. The zero-order valence-corrected chi connectivity index (χ0v) is 16.3. The van der Waals surface area contributed by atoms with Gasteiger partial charge in [-0.1, -0.05) is 41.9 Å². The van der Waals surface area contributed by atoms with Crippen LogP contribution < -0.4 is 10.6 Å². The number of rotatable bonds is 7. The van der Waals surface area contributed by atoms with E-state index in [0.29, 0.717) is 16.5 Å². The van der Waals surface area contributed by atoms with Crippen molar-refractivity contribution < 1.29 is 18.7 Å². The number of amides is 2. The second-order valence-electron chi connectivity index (χ2n) is 5.93. The lowest BCUT2D eigenvalue weighted by atomic mass is 10.1. The van der Waals surface area contributed by atoms with Crippen molar-refractivity contribution in [2.75, 3.05) is 13.2 Å². The molecule has 1 heterocycles. The molecule has 1 aromatic heterocycles. The number of nitrogens with zero attached hydrogens (tertiary/aromatic N) is 2. The van der Waals surface area contributed by atoms with Crippen LogP contribution in [0.25, 0.3) is 11.5 Å². The molecule has 2 N–H and O–H groups in total. The standard InChI is InChI=1S/C20H19ClN4O4/c1-2-28-16(26)12-22-20(27)23-17(13-8-10-15(21)11-9-13)19-25-24-18(29-19)14-6-4-3-5-7-14/h3-11,17H,2,12H2,1H3,(H2,22,23,27)/t17-/m0/s1. The van der Waals surface area contributed by atoms with Crippen LogP contribution in [-0.2, 0) is 9.53 Å². The summed E-state index contributed by atoms with van der Waals surface area (Å²) < 4.78 is 10.6. The third-order valence-electron chi connectivity index (χ3n) is 3.89. The van der Waals surface area contributed by atoms with Crippen LogP contribution in [0.15, 0.2) is 59.0 Å². The Bertz CT molecular complexity index is 960. The Balaban J connectivity index is 1.80. The zero-order valence-electron chi connectivity index (χ0n) is 15.6. The first-order valence-corrected chi connectivity index (χ1v) is 9.29. The van der Waals surface area contributed by atoms with Gasteiger partial charge in [-0.2, -0.15) is 0 Å². The summed E-state index contributed by atoms with van der Waals surface area (Å²) in [6.45, 7) is 1.67. The molecule has 0 bridgehead atoms. The number of carbonyl (C=O) groups excluding carboxylic acids is 2. The molecule has 150 valence electrons. The fraction of sp³-hybridized carbons (Fsp3) is 0.200. The van der Waals surface area contributed by atoms with E-state index < -0.39 is 18.0 Å². The minimum Gasteiger partial charge on any atom is -0.465 e. The molecular weight excluding hydrogens is 396 g/mol. The van der Waals surface area contributed by atoms with E-state index in [-0.39, 0.29) is 19.0 Å². The lowest BCUT2D eigenvalue weighted by Crippen LogP contribution is -2.41. The SMILES string of the molecule is CCOC(=O)CNC(=O)N[C@@H](c1ccc(Cl)cc1)c1nnc(-c2ccccc2)o1. The Morgan fingerprint density at radius 1 is 1.10 bits per heavy atom. The van der Waals surface area contributed by atoms with Crippen LogP contribution in [0.1, 0.15) is 24.4 Å². The average molecular weight is 415 g/mol. The van der Waals surface area contributed by atoms with Crippen molar-refractivity contribution in [2.24, 2.45) is 0 Å². The van der Waals surface area contributed by atoms with E-state index in [1.54, 1.807) is 31.2 Å². The molecule has 2 amide bonds. The van der Waals surface area contributed by atoms with E-state index in [1.807, 2.05) is 30.3 Å². The van der Waals surface area contributed by atoms with Crippen LogP contribution in [0.3, 0.4) is 0 Å². The van der Waals surface area contributed by atoms with Gasteiger partial charge in [0.15, 0.2) is 0 Å². The number of hydrogen-bond donors (Lipinski definition) is 2. The topological polar surface area (TPSA) is 106 Å². The van der Waals surface area contributed by atoms with Gasteiger partial charge in [0, 0.05) is 10.6 Å². The van der Waals surface area contributed by atoms with Crippen molar-refractivity contribution in [3.63, 3.8) is 0 Å². The van der Waals surface area contributed by atoms with Crippen molar-refractivity contribution in [3.05, 3.63) is 71.1 Å². The normalized spacial score (nSPS) is 11.5. The molecule has 0 saturated heterocycles. The maximum Gasteiger partial charge on any atom is 0.325 e. The largest absolute Gasteiger partial charge is 0.465 e. The molecule has 0 spiro atoms. The van der Waals surface area contributed by atoms with Gasteiger partial charge in [0.1, 0.15) is 12.6 Å². The van der Waals surface area contributed by atoms with Crippen LogP contribution in [0, 0.1) is 0 Å². The molecule has 29 heavy (non-hydrogen) atoms. The number of benzene rings is 2. The molecule has 3 aromatic rings. The number of aromatic nitrogens is 2. The van der Waals surface area contributed by atoms with Gasteiger partial charge in [-0.05, 0) is 36.8 Å². The molecule has 1 atom stereocenters. The quantitative estimate of drug-likeness (QED) is 0.574. The molecule has 0 aliphatic heterocycles. The zero-order chi connectivity index (χ0) is 20.6. The maximum atomic E-state index is 12.3. The summed E-state index contributed by atoms with van der Waals surface area (Å²) in [4.78, 5) is 23.8. The van der Waals surface area contributed by atoms with Gasteiger partial charge >= 0.3 is 12.0 Å². The molecule has 0 aliphatic carbocycles. The van der Waals surface area contributed by atoms with E-state index in [1.165, 1.54) is 0 Å². The molecule has 0 radical (unpaired) electrons. The third kappa shape index (κ3) is 5.55. The molecule has 2 aromatic carbocycles. The van der Waals surface area contributed by atoms with E-state index >= 15 is 0 Å². The van der Waals surface area contributed by atoms with Crippen LogP contribution in [0.5, 0.6) is 0 Å². The monoisotopic (exact) mass is 414 g/mol. The lowest BCUT2D eigenvalue weighted by molar-refractivity contribution is -0.141. The molecular formula is C20H19ClN4O4. The second kappa shape index (κ2) is 9.70. The minimum absolute atomic E-state index is 0.192. The first kappa shape index (κ1) is 20.3. The second-order valence-corrected chi connectivity index (χ2v) is 6.36. The first-order valence-electron chi connectivity index (χ1n) is 8.91. The van der Waals surface area contributed by atoms with Crippen molar-refractivity contribution in [1.82, 2.24) is 20.8 Å². The fourth-order valence-electron chi connectivity index (χ4n) is 2.54. The Kier molecular flexibility index (Phi) is 6.80. The smallest absolute Gasteiger partial charge is 0.325 e. The molecule has 0 saturated carbocycles. The molecule has 9 heteroatoms. The van der Waals surface area contributed by atoms with Gasteiger partial charge in [-0.15, -0.1) is 10.2 Å².